The minimum atomic E-state index is -3.75. The van der Waals surface area contributed by atoms with Crippen molar-refractivity contribution in [3.8, 4) is 0 Å². The molecule has 0 fully saturated rings. The fourth-order valence-electron chi connectivity index (χ4n) is 4.09. The lowest BCUT2D eigenvalue weighted by molar-refractivity contribution is -0.121. The highest BCUT2D eigenvalue weighted by Crippen LogP contribution is 2.41. The van der Waals surface area contributed by atoms with Gasteiger partial charge in [0, 0.05) is 12.7 Å². The lowest BCUT2D eigenvalue weighted by Gasteiger charge is -2.19. The van der Waals surface area contributed by atoms with Crippen LogP contribution in [0.4, 0.5) is 5.69 Å². The summed E-state index contributed by atoms with van der Waals surface area (Å²) in [6.07, 6.45) is 2.15. The van der Waals surface area contributed by atoms with Gasteiger partial charge in [0.15, 0.2) is 0 Å². The molecule has 8 heteroatoms. The third-order valence-electron chi connectivity index (χ3n) is 5.77. The van der Waals surface area contributed by atoms with E-state index < -0.39 is 15.4 Å². The van der Waals surface area contributed by atoms with E-state index in [4.69, 9.17) is 4.42 Å². The quantitative estimate of drug-likeness (QED) is 0.601. The summed E-state index contributed by atoms with van der Waals surface area (Å²) in [5.41, 5.74) is 0.706. The van der Waals surface area contributed by atoms with E-state index >= 15 is 0 Å². The van der Waals surface area contributed by atoms with Gasteiger partial charge in [0.25, 0.3) is 0 Å². The molecule has 0 radical (unpaired) electrons. The zero-order valence-electron chi connectivity index (χ0n) is 19.1. The summed E-state index contributed by atoms with van der Waals surface area (Å²) in [5.74, 6) is 1.35. The van der Waals surface area contributed by atoms with Gasteiger partial charge in [-0.25, -0.2) is 13.1 Å². The highest BCUT2D eigenvalue weighted by Gasteiger charge is 2.42. The van der Waals surface area contributed by atoms with E-state index in [1.807, 2.05) is 26.0 Å². The standard InChI is InChI=1S/C23H33N3O4S/c1-6-12-26(13-7-2)16-18-9-8-17(30-18)15-24-31(28,29)19-10-11-21-20(14-19)23(3,4)22(27)25(21)5/h8-11,14,24H,6-7,12-13,15-16H2,1-5H3. The molecule has 1 aliphatic heterocycles. The van der Waals surface area contributed by atoms with Gasteiger partial charge in [0.05, 0.1) is 23.4 Å². The number of furan rings is 1. The van der Waals surface area contributed by atoms with Crippen LogP contribution in [-0.4, -0.2) is 39.4 Å². The zero-order valence-corrected chi connectivity index (χ0v) is 19.9. The van der Waals surface area contributed by atoms with Gasteiger partial charge in [-0.1, -0.05) is 13.8 Å². The number of benzene rings is 1. The highest BCUT2D eigenvalue weighted by molar-refractivity contribution is 7.89. The first-order valence-corrected chi connectivity index (χ1v) is 12.3. The molecule has 1 aliphatic rings. The minimum Gasteiger partial charge on any atom is -0.463 e. The van der Waals surface area contributed by atoms with Crippen molar-refractivity contribution in [2.45, 2.75) is 63.9 Å². The van der Waals surface area contributed by atoms with Gasteiger partial charge in [0.2, 0.25) is 15.9 Å². The minimum absolute atomic E-state index is 0.0479. The number of carbonyl (C=O) groups excluding carboxylic acids is 1. The van der Waals surface area contributed by atoms with E-state index in [9.17, 15) is 13.2 Å². The summed E-state index contributed by atoms with van der Waals surface area (Å²) in [7, 11) is -2.04. The van der Waals surface area contributed by atoms with Gasteiger partial charge in [-0.2, -0.15) is 0 Å². The van der Waals surface area contributed by atoms with Gasteiger partial charge < -0.3 is 9.32 Å². The Morgan fingerprint density at radius 2 is 1.71 bits per heavy atom. The molecule has 0 unspecified atom stereocenters. The van der Waals surface area contributed by atoms with Gasteiger partial charge in [-0.05, 0) is 75.7 Å². The van der Waals surface area contributed by atoms with Crippen LogP contribution in [0.15, 0.2) is 39.6 Å². The van der Waals surface area contributed by atoms with Crippen molar-refractivity contribution in [1.82, 2.24) is 9.62 Å². The van der Waals surface area contributed by atoms with Crippen LogP contribution in [0.1, 0.15) is 57.6 Å². The summed E-state index contributed by atoms with van der Waals surface area (Å²) < 4.78 is 34.2. The summed E-state index contributed by atoms with van der Waals surface area (Å²) in [4.78, 5) is 16.5. The van der Waals surface area contributed by atoms with E-state index in [1.54, 1.807) is 24.1 Å². The van der Waals surface area contributed by atoms with Crippen molar-refractivity contribution in [3.05, 3.63) is 47.4 Å². The molecule has 1 aromatic heterocycles. The van der Waals surface area contributed by atoms with Crippen molar-refractivity contribution in [3.63, 3.8) is 0 Å². The van der Waals surface area contributed by atoms with E-state index in [0.29, 0.717) is 5.76 Å². The Bertz CT molecular complexity index is 1040. The summed E-state index contributed by atoms with van der Waals surface area (Å²) in [6, 6.07) is 8.54. The SMILES string of the molecule is CCCN(CCC)Cc1ccc(CNS(=O)(=O)c2ccc3c(c2)C(C)(C)C(=O)N3C)o1. The number of likely N-dealkylation sites (N-methyl/N-ethyl adjacent to an activating group) is 1. The van der Waals surface area contributed by atoms with Crippen molar-refractivity contribution >= 4 is 21.6 Å². The van der Waals surface area contributed by atoms with E-state index in [2.05, 4.69) is 23.5 Å². The molecule has 170 valence electrons. The molecule has 3 rings (SSSR count). The Morgan fingerprint density at radius 1 is 1.06 bits per heavy atom. The van der Waals surface area contributed by atoms with Gasteiger partial charge in [-0.15, -0.1) is 0 Å². The monoisotopic (exact) mass is 447 g/mol. The molecule has 0 aliphatic carbocycles. The Balaban J connectivity index is 1.70. The topological polar surface area (TPSA) is 82.9 Å². The number of anilines is 1. The van der Waals surface area contributed by atoms with Crippen LogP contribution in [0.5, 0.6) is 0 Å². The molecule has 0 spiro atoms. The number of rotatable bonds is 10. The number of carbonyl (C=O) groups is 1. The third kappa shape index (κ3) is 4.86. The number of hydrogen-bond donors (Lipinski definition) is 1. The smallest absolute Gasteiger partial charge is 0.240 e. The van der Waals surface area contributed by atoms with Crippen LogP contribution in [0, 0.1) is 0 Å². The normalized spacial score (nSPS) is 15.7. The molecular weight excluding hydrogens is 414 g/mol. The number of amides is 1. The third-order valence-corrected chi connectivity index (χ3v) is 7.16. The van der Waals surface area contributed by atoms with Gasteiger partial charge in [0.1, 0.15) is 11.5 Å². The second-order valence-electron chi connectivity index (χ2n) is 8.64. The molecule has 0 saturated carbocycles. The molecule has 31 heavy (non-hydrogen) atoms. The van der Waals surface area contributed by atoms with Crippen molar-refractivity contribution in [1.29, 1.82) is 0 Å². The molecule has 0 atom stereocenters. The maximum atomic E-state index is 12.9. The Labute approximate surface area is 185 Å². The van der Waals surface area contributed by atoms with Crippen LogP contribution in [0.3, 0.4) is 0 Å². The van der Waals surface area contributed by atoms with Crippen LogP contribution in [0.25, 0.3) is 0 Å². The maximum absolute atomic E-state index is 12.9. The molecule has 1 aromatic carbocycles. The fourth-order valence-corrected chi connectivity index (χ4v) is 5.11. The van der Waals surface area contributed by atoms with Crippen molar-refractivity contribution < 1.29 is 17.6 Å². The number of nitrogens with zero attached hydrogens (tertiary/aromatic N) is 2. The molecule has 2 aromatic rings. The second kappa shape index (κ2) is 9.14. The second-order valence-corrected chi connectivity index (χ2v) is 10.4. The summed E-state index contributed by atoms with van der Waals surface area (Å²) >= 11 is 0. The molecule has 0 saturated heterocycles. The molecule has 1 N–H and O–H groups in total. The lowest BCUT2D eigenvalue weighted by Crippen LogP contribution is -2.33. The number of fused-ring (bicyclic) bond motifs is 1. The van der Waals surface area contributed by atoms with Crippen LogP contribution >= 0.6 is 0 Å². The predicted molar refractivity (Wildman–Crippen MR) is 121 cm³/mol. The molecular formula is C23H33N3O4S. The van der Waals surface area contributed by atoms with Crippen LogP contribution < -0.4 is 9.62 Å². The molecule has 7 nitrogen and oxygen atoms in total. The first-order valence-electron chi connectivity index (χ1n) is 10.8. The van der Waals surface area contributed by atoms with E-state index in [0.717, 1.165) is 49.5 Å². The van der Waals surface area contributed by atoms with E-state index in [1.165, 1.54) is 6.07 Å². The van der Waals surface area contributed by atoms with Gasteiger partial charge in [-0.3, -0.25) is 9.69 Å². The molecule has 1 amide bonds. The fraction of sp³-hybridized carbons (Fsp3) is 0.522. The first-order chi connectivity index (χ1) is 14.6. The lowest BCUT2D eigenvalue weighted by atomic mass is 9.86. The van der Waals surface area contributed by atoms with Crippen molar-refractivity contribution in [2.75, 3.05) is 25.0 Å². The highest BCUT2D eigenvalue weighted by atomic mass is 32.2. The molecule has 2 heterocycles. The maximum Gasteiger partial charge on any atom is 0.240 e. The van der Waals surface area contributed by atoms with Crippen molar-refractivity contribution in [2.24, 2.45) is 0 Å². The van der Waals surface area contributed by atoms with Crippen LogP contribution in [-0.2, 0) is 33.3 Å². The van der Waals surface area contributed by atoms with Crippen LogP contribution in [0.2, 0.25) is 0 Å². The largest absolute Gasteiger partial charge is 0.463 e. The zero-order chi connectivity index (χ0) is 22.8. The summed E-state index contributed by atoms with van der Waals surface area (Å²) in [6.45, 7) is 10.7. The Morgan fingerprint density at radius 3 is 2.35 bits per heavy atom. The predicted octanol–water partition coefficient (Wildman–Crippen LogP) is 3.63. The number of nitrogens with one attached hydrogen (secondary N) is 1. The Kier molecular flexibility index (Phi) is 6.93. The van der Waals surface area contributed by atoms with E-state index in [-0.39, 0.29) is 17.3 Å². The van der Waals surface area contributed by atoms with Gasteiger partial charge >= 0.3 is 0 Å². The Hall–Kier alpha value is -2.16. The first kappa shape index (κ1) is 23.5. The average Bonchev–Trinajstić information content (AvgIpc) is 3.24. The number of sulfonamides is 1. The molecule has 0 bridgehead atoms. The summed E-state index contributed by atoms with van der Waals surface area (Å²) in [5, 5.41) is 0. The number of hydrogen-bond acceptors (Lipinski definition) is 5. The average molecular weight is 448 g/mol.